The molecule has 6 aromatic rings. The van der Waals surface area contributed by atoms with Crippen molar-refractivity contribution in [3.05, 3.63) is 108 Å². The molecule has 1 N–H and O–H groups in total. The van der Waals surface area contributed by atoms with Gasteiger partial charge in [-0.2, -0.15) is 0 Å². The van der Waals surface area contributed by atoms with Crippen molar-refractivity contribution in [2.24, 2.45) is 4.40 Å². The van der Waals surface area contributed by atoms with Crippen molar-refractivity contribution < 1.29 is 0 Å². The SMILES string of the molecule is N=C1/C(=N\S)C=Cc2c(-c3ccc(-c4ccc5ccc6cccnc6c5n4)cc3)nc3ccccc3c21. The van der Waals surface area contributed by atoms with Crippen LogP contribution in [0.1, 0.15) is 11.1 Å². The summed E-state index contributed by atoms with van der Waals surface area (Å²) in [7, 11) is 0. The fourth-order valence-electron chi connectivity index (χ4n) is 5.02. The van der Waals surface area contributed by atoms with Crippen molar-refractivity contribution in [1.82, 2.24) is 15.0 Å². The summed E-state index contributed by atoms with van der Waals surface area (Å²) in [5.74, 6) is 0. The van der Waals surface area contributed by atoms with E-state index in [2.05, 4.69) is 70.7 Å². The zero-order valence-electron chi connectivity index (χ0n) is 19.6. The van der Waals surface area contributed by atoms with Crippen molar-refractivity contribution in [2.75, 3.05) is 0 Å². The molecule has 37 heavy (non-hydrogen) atoms. The largest absolute Gasteiger partial charge is 0.298 e. The lowest BCUT2D eigenvalue weighted by Crippen LogP contribution is -2.18. The predicted octanol–water partition coefficient (Wildman–Crippen LogP) is 7.35. The highest BCUT2D eigenvalue weighted by atomic mass is 32.1. The van der Waals surface area contributed by atoms with E-state index < -0.39 is 0 Å². The van der Waals surface area contributed by atoms with Gasteiger partial charge in [0.05, 0.1) is 39.4 Å². The van der Waals surface area contributed by atoms with Crippen LogP contribution in [0.4, 0.5) is 0 Å². The van der Waals surface area contributed by atoms with Gasteiger partial charge in [0, 0.05) is 44.6 Å². The third kappa shape index (κ3) is 3.45. The quantitative estimate of drug-likeness (QED) is 0.196. The number of hydrogen-bond acceptors (Lipinski definition) is 6. The van der Waals surface area contributed by atoms with Gasteiger partial charge in [0.15, 0.2) is 0 Å². The molecular formula is C31H19N5S. The van der Waals surface area contributed by atoms with E-state index in [1.54, 1.807) is 6.20 Å². The molecule has 0 unspecified atom stereocenters. The van der Waals surface area contributed by atoms with Crippen molar-refractivity contribution in [3.8, 4) is 22.5 Å². The molecule has 0 spiro atoms. The summed E-state index contributed by atoms with van der Waals surface area (Å²) in [5.41, 5.74) is 9.00. The maximum atomic E-state index is 8.77. The minimum Gasteiger partial charge on any atom is -0.298 e. The number of para-hydroxylation sites is 1. The molecule has 0 fully saturated rings. The van der Waals surface area contributed by atoms with E-state index in [-0.39, 0.29) is 0 Å². The summed E-state index contributed by atoms with van der Waals surface area (Å²) < 4.78 is 3.99. The minimum absolute atomic E-state index is 0.352. The Balaban J connectivity index is 1.36. The zero-order valence-corrected chi connectivity index (χ0v) is 20.4. The van der Waals surface area contributed by atoms with Gasteiger partial charge in [0.25, 0.3) is 0 Å². The molecule has 0 saturated carbocycles. The van der Waals surface area contributed by atoms with E-state index >= 15 is 0 Å². The lowest BCUT2D eigenvalue weighted by atomic mass is 9.88. The highest BCUT2D eigenvalue weighted by Gasteiger charge is 2.23. The molecule has 174 valence electrons. The van der Waals surface area contributed by atoms with E-state index in [1.165, 1.54) is 0 Å². The number of thiol groups is 1. The van der Waals surface area contributed by atoms with Gasteiger partial charge in [0.1, 0.15) is 0 Å². The van der Waals surface area contributed by atoms with E-state index in [9.17, 15) is 0 Å². The highest BCUT2D eigenvalue weighted by molar-refractivity contribution is 7.79. The Morgan fingerprint density at radius 1 is 0.703 bits per heavy atom. The number of nitrogens with zero attached hydrogens (tertiary/aromatic N) is 4. The molecule has 0 bridgehead atoms. The van der Waals surface area contributed by atoms with Crippen molar-refractivity contribution in [2.45, 2.75) is 0 Å². The average molecular weight is 494 g/mol. The molecule has 0 aliphatic heterocycles. The Hall–Kier alpha value is -4.68. The van der Waals surface area contributed by atoms with Gasteiger partial charge in [-0.15, -0.1) is 0 Å². The van der Waals surface area contributed by atoms with E-state index in [0.29, 0.717) is 11.4 Å². The van der Waals surface area contributed by atoms with E-state index in [1.807, 2.05) is 48.6 Å². The van der Waals surface area contributed by atoms with Crippen LogP contribution in [0.2, 0.25) is 0 Å². The Labute approximate surface area is 218 Å². The second-order valence-electron chi connectivity index (χ2n) is 8.95. The van der Waals surface area contributed by atoms with Crippen LogP contribution in [0.3, 0.4) is 0 Å². The molecule has 3 aromatic carbocycles. The molecule has 3 aromatic heterocycles. The van der Waals surface area contributed by atoms with Crippen molar-refractivity contribution in [3.63, 3.8) is 0 Å². The number of allylic oxidation sites excluding steroid dienone is 1. The third-order valence-electron chi connectivity index (χ3n) is 6.84. The zero-order chi connectivity index (χ0) is 24.9. The highest BCUT2D eigenvalue weighted by Crippen LogP contribution is 2.35. The molecule has 0 atom stereocenters. The Bertz CT molecular complexity index is 1960. The molecule has 0 saturated heterocycles. The van der Waals surface area contributed by atoms with Gasteiger partial charge in [-0.1, -0.05) is 66.7 Å². The lowest BCUT2D eigenvalue weighted by Gasteiger charge is -2.19. The molecular weight excluding hydrogens is 474 g/mol. The van der Waals surface area contributed by atoms with Gasteiger partial charge in [-0.3, -0.25) is 10.4 Å². The molecule has 0 amide bonds. The number of rotatable bonds is 2. The molecule has 7 rings (SSSR count). The van der Waals surface area contributed by atoms with Crippen LogP contribution < -0.4 is 0 Å². The normalized spacial score (nSPS) is 14.1. The maximum absolute atomic E-state index is 8.77. The monoisotopic (exact) mass is 493 g/mol. The molecule has 3 heterocycles. The first-order valence-corrected chi connectivity index (χ1v) is 12.3. The van der Waals surface area contributed by atoms with Gasteiger partial charge in [0.2, 0.25) is 0 Å². The van der Waals surface area contributed by atoms with Crippen molar-refractivity contribution >= 4 is 63.0 Å². The standard InChI is InChI=1S/C31H19N5S/c32-28-26(36-37)16-14-23-27(28)22-5-1-2-6-25(22)35-29(23)20-9-7-18(8-10-20)24-15-13-21-12-11-19-4-3-17-33-30(19)31(21)34-24/h1-17,32,37H/b32-28?,36-26-. The minimum atomic E-state index is 0.352. The average Bonchev–Trinajstić information content (AvgIpc) is 2.96. The topological polar surface area (TPSA) is 74.9 Å². The fourth-order valence-corrected chi connectivity index (χ4v) is 5.19. The Kier molecular flexibility index (Phi) is 4.94. The van der Waals surface area contributed by atoms with Crippen LogP contribution in [-0.4, -0.2) is 26.4 Å². The molecule has 5 nitrogen and oxygen atoms in total. The second kappa shape index (κ2) is 8.47. The summed E-state index contributed by atoms with van der Waals surface area (Å²) in [6.45, 7) is 0. The van der Waals surface area contributed by atoms with Gasteiger partial charge in [-0.25, -0.2) is 14.4 Å². The summed E-state index contributed by atoms with van der Waals surface area (Å²) in [5, 5.41) is 11.8. The number of hydrogen-bond donors (Lipinski definition) is 2. The first kappa shape index (κ1) is 21.6. The summed E-state index contributed by atoms with van der Waals surface area (Å²) in [6.07, 6.45) is 5.61. The first-order chi connectivity index (χ1) is 18.2. The first-order valence-electron chi connectivity index (χ1n) is 11.9. The number of benzene rings is 3. The van der Waals surface area contributed by atoms with Crippen LogP contribution in [0, 0.1) is 5.41 Å². The molecule has 1 aliphatic rings. The maximum Gasteiger partial charge on any atom is 0.0972 e. The number of aromatic nitrogens is 3. The van der Waals surface area contributed by atoms with Gasteiger partial charge in [-0.05, 0) is 43.2 Å². The number of pyridine rings is 3. The lowest BCUT2D eigenvalue weighted by molar-refractivity contribution is 1.36. The van der Waals surface area contributed by atoms with Crippen LogP contribution in [0.25, 0.3) is 61.3 Å². The summed E-state index contributed by atoms with van der Waals surface area (Å²) in [4.78, 5) is 14.5. The fraction of sp³-hybridized carbons (Fsp3) is 0. The smallest absolute Gasteiger partial charge is 0.0972 e. The van der Waals surface area contributed by atoms with E-state index in [4.69, 9.17) is 15.4 Å². The van der Waals surface area contributed by atoms with Gasteiger partial charge >= 0.3 is 0 Å². The number of nitrogens with one attached hydrogen (secondary N) is 1. The van der Waals surface area contributed by atoms with Crippen molar-refractivity contribution in [1.29, 1.82) is 5.41 Å². The summed E-state index contributed by atoms with van der Waals surface area (Å²) >= 11 is 4.06. The summed E-state index contributed by atoms with van der Waals surface area (Å²) in [6, 6.07) is 28.5. The molecule has 1 aliphatic carbocycles. The van der Waals surface area contributed by atoms with Crippen LogP contribution in [0.15, 0.2) is 102 Å². The second-order valence-corrected chi connectivity index (χ2v) is 9.15. The van der Waals surface area contributed by atoms with Crippen LogP contribution >= 0.6 is 12.8 Å². The Morgan fingerprint density at radius 3 is 2.30 bits per heavy atom. The third-order valence-corrected chi connectivity index (χ3v) is 7.05. The Morgan fingerprint density at radius 2 is 1.46 bits per heavy atom. The van der Waals surface area contributed by atoms with Crippen LogP contribution in [-0.2, 0) is 0 Å². The van der Waals surface area contributed by atoms with Gasteiger partial charge < -0.3 is 0 Å². The predicted molar refractivity (Wildman–Crippen MR) is 156 cm³/mol. The molecule has 0 radical (unpaired) electrons. The van der Waals surface area contributed by atoms with Crippen LogP contribution in [0.5, 0.6) is 0 Å². The molecule has 6 heteroatoms. The number of fused-ring (bicyclic) bond motifs is 6. The van der Waals surface area contributed by atoms with E-state index in [0.717, 1.165) is 66.4 Å².